The summed E-state index contributed by atoms with van der Waals surface area (Å²) in [5, 5.41) is 5.50. The van der Waals surface area contributed by atoms with Gasteiger partial charge in [0, 0.05) is 28.6 Å². The minimum Gasteiger partial charge on any atom is -0.338 e. The Hall–Kier alpha value is -2.19. The number of carbonyl (C=O) groups is 3. The Morgan fingerprint density at radius 2 is 1.56 bits per heavy atom. The molecule has 4 amide bonds. The van der Waals surface area contributed by atoms with Gasteiger partial charge < -0.3 is 10.6 Å². The molecule has 0 aromatic heterocycles. The highest BCUT2D eigenvalue weighted by atomic mass is 79.9. The van der Waals surface area contributed by atoms with E-state index in [2.05, 4.69) is 42.5 Å². The Labute approximate surface area is 173 Å². The van der Waals surface area contributed by atoms with Crippen molar-refractivity contribution >= 4 is 49.7 Å². The Morgan fingerprint density at radius 1 is 0.889 bits per heavy atom. The fourth-order valence-corrected chi connectivity index (χ4v) is 3.38. The van der Waals surface area contributed by atoms with Crippen molar-refractivity contribution in [3.63, 3.8) is 0 Å². The fraction of sp³-hybridized carbons (Fsp3) is 0.211. The first-order chi connectivity index (χ1) is 13.0. The second kappa shape index (κ2) is 8.67. The molecule has 2 aromatic carbocycles. The summed E-state index contributed by atoms with van der Waals surface area (Å²) < 4.78 is 1.74. The summed E-state index contributed by atoms with van der Waals surface area (Å²) >= 11 is 6.67. The van der Waals surface area contributed by atoms with E-state index in [9.17, 15) is 14.4 Å². The number of imide groups is 1. The van der Waals surface area contributed by atoms with Crippen molar-refractivity contribution in [1.29, 1.82) is 0 Å². The summed E-state index contributed by atoms with van der Waals surface area (Å²) in [5.74, 6) is -0.585. The van der Waals surface area contributed by atoms with Gasteiger partial charge in [0.15, 0.2) is 0 Å². The van der Waals surface area contributed by atoms with E-state index in [4.69, 9.17) is 0 Å². The molecule has 0 unspecified atom stereocenters. The number of fused-ring (bicyclic) bond motifs is 1. The van der Waals surface area contributed by atoms with Crippen molar-refractivity contribution in [1.82, 2.24) is 15.5 Å². The largest absolute Gasteiger partial charge is 0.338 e. The van der Waals surface area contributed by atoms with Gasteiger partial charge in [-0.15, -0.1) is 0 Å². The molecule has 1 aliphatic heterocycles. The monoisotopic (exact) mass is 493 g/mol. The molecular formula is C19H17Br2N3O3. The summed E-state index contributed by atoms with van der Waals surface area (Å²) in [6, 6.07) is 12.4. The molecule has 0 atom stereocenters. The molecule has 1 aliphatic rings. The van der Waals surface area contributed by atoms with Crippen LogP contribution in [0.1, 0.15) is 32.7 Å². The first-order valence-corrected chi connectivity index (χ1v) is 9.96. The molecule has 2 aromatic rings. The number of nitrogens with zero attached hydrogens (tertiary/aromatic N) is 1. The highest BCUT2D eigenvalue weighted by molar-refractivity contribution is 9.10. The first-order valence-electron chi connectivity index (χ1n) is 8.37. The van der Waals surface area contributed by atoms with Crippen LogP contribution in [-0.2, 0) is 6.54 Å². The van der Waals surface area contributed by atoms with Gasteiger partial charge in [-0.1, -0.05) is 44.0 Å². The molecule has 8 heteroatoms. The normalized spacial score (nSPS) is 12.9. The van der Waals surface area contributed by atoms with Crippen molar-refractivity contribution in [3.05, 3.63) is 68.1 Å². The Morgan fingerprint density at radius 3 is 2.30 bits per heavy atom. The number of amides is 4. The van der Waals surface area contributed by atoms with E-state index in [1.54, 1.807) is 18.2 Å². The predicted octanol–water partition coefficient (Wildman–Crippen LogP) is 3.70. The molecule has 27 heavy (non-hydrogen) atoms. The molecule has 2 N–H and O–H groups in total. The van der Waals surface area contributed by atoms with E-state index in [1.807, 2.05) is 24.3 Å². The maximum absolute atomic E-state index is 12.4. The van der Waals surface area contributed by atoms with Gasteiger partial charge in [-0.25, -0.2) is 4.79 Å². The van der Waals surface area contributed by atoms with E-state index in [1.165, 1.54) is 4.90 Å². The molecule has 3 rings (SSSR count). The highest BCUT2D eigenvalue weighted by Crippen LogP contribution is 2.25. The summed E-state index contributed by atoms with van der Waals surface area (Å²) in [6.45, 7) is 1.05. The van der Waals surface area contributed by atoms with Crippen LogP contribution in [0.25, 0.3) is 0 Å². The Kier molecular flexibility index (Phi) is 6.28. The Bertz CT molecular complexity index is 884. The molecule has 140 valence electrons. The van der Waals surface area contributed by atoms with Gasteiger partial charge in [0.05, 0.1) is 11.1 Å². The van der Waals surface area contributed by atoms with Crippen molar-refractivity contribution in [2.45, 2.75) is 13.0 Å². The second-order valence-corrected chi connectivity index (χ2v) is 7.87. The van der Waals surface area contributed by atoms with Crippen LogP contribution >= 0.6 is 31.9 Å². The average Bonchev–Trinajstić information content (AvgIpc) is 2.88. The quantitative estimate of drug-likeness (QED) is 0.474. The topological polar surface area (TPSA) is 78.5 Å². The van der Waals surface area contributed by atoms with Crippen molar-refractivity contribution < 1.29 is 14.4 Å². The lowest BCUT2D eigenvalue weighted by Crippen LogP contribution is -2.37. The van der Waals surface area contributed by atoms with Gasteiger partial charge in [0.2, 0.25) is 0 Å². The molecule has 0 aliphatic carbocycles. The maximum atomic E-state index is 12.4. The standard InChI is InChI=1S/C19H17Br2N3O3/c20-13-4-2-12(3-5-13)11-23-19(27)22-8-1-9-24-17(25)15-7-6-14(21)10-16(15)18(24)26/h2-7,10H,1,8-9,11H2,(H2,22,23,27). The van der Waals surface area contributed by atoms with Crippen LogP contribution in [0.15, 0.2) is 51.4 Å². The van der Waals surface area contributed by atoms with Crippen LogP contribution in [0.3, 0.4) is 0 Å². The van der Waals surface area contributed by atoms with Crippen LogP contribution < -0.4 is 10.6 Å². The van der Waals surface area contributed by atoms with Crippen molar-refractivity contribution in [3.8, 4) is 0 Å². The van der Waals surface area contributed by atoms with Gasteiger partial charge in [-0.05, 0) is 42.3 Å². The summed E-state index contributed by atoms with van der Waals surface area (Å²) in [5.41, 5.74) is 1.82. The number of urea groups is 1. The first kappa shape index (κ1) is 19.6. The summed E-state index contributed by atoms with van der Waals surface area (Å²) in [6.07, 6.45) is 0.484. The van der Waals surface area contributed by atoms with Crippen LogP contribution in [-0.4, -0.2) is 35.8 Å². The maximum Gasteiger partial charge on any atom is 0.315 e. The SMILES string of the molecule is O=C(NCCCN1C(=O)c2ccc(Br)cc2C1=O)NCc1ccc(Br)cc1. The van der Waals surface area contributed by atoms with E-state index < -0.39 is 0 Å². The van der Waals surface area contributed by atoms with Gasteiger partial charge in [-0.3, -0.25) is 14.5 Å². The number of benzene rings is 2. The zero-order chi connectivity index (χ0) is 19.4. The third-order valence-electron chi connectivity index (χ3n) is 4.14. The lowest BCUT2D eigenvalue weighted by atomic mass is 10.1. The van der Waals surface area contributed by atoms with Crippen molar-refractivity contribution in [2.75, 3.05) is 13.1 Å². The minimum atomic E-state index is -0.295. The smallest absolute Gasteiger partial charge is 0.315 e. The number of hydrogen-bond acceptors (Lipinski definition) is 3. The molecular weight excluding hydrogens is 478 g/mol. The molecule has 1 heterocycles. The molecule has 0 radical (unpaired) electrons. The second-order valence-electron chi connectivity index (χ2n) is 6.04. The molecule has 0 saturated heterocycles. The Balaban J connectivity index is 1.41. The lowest BCUT2D eigenvalue weighted by Gasteiger charge is -2.14. The van der Waals surface area contributed by atoms with Gasteiger partial charge >= 0.3 is 6.03 Å². The van der Waals surface area contributed by atoms with E-state index in [-0.39, 0.29) is 24.4 Å². The van der Waals surface area contributed by atoms with Gasteiger partial charge in [-0.2, -0.15) is 0 Å². The van der Waals surface area contributed by atoms with Gasteiger partial charge in [0.25, 0.3) is 11.8 Å². The van der Waals surface area contributed by atoms with Crippen LogP contribution in [0.5, 0.6) is 0 Å². The number of carbonyl (C=O) groups excluding carboxylic acids is 3. The minimum absolute atomic E-state index is 0.261. The average molecular weight is 495 g/mol. The third kappa shape index (κ3) is 4.75. The van der Waals surface area contributed by atoms with Crippen molar-refractivity contribution in [2.24, 2.45) is 0 Å². The van der Waals surface area contributed by atoms with E-state index >= 15 is 0 Å². The third-order valence-corrected chi connectivity index (χ3v) is 5.17. The number of halogens is 2. The molecule has 0 saturated carbocycles. The van der Waals surface area contributed by atoms with Gasteiger partial charge in [0.1, 0.15) is 0 Å². The molecule has 0 fully saturated rings. The van der Waals surface area contributed by atoms with Crippen LogP contribution in [0.4, 0.5) is 4.79 Å². The highest BCUT2D eigenvalue weighted by Gasteiger charge is 2.34. The summed E-state index contributed by atoms with van der Waals surface area (Å²) in [4.78, 5) is 37.7. The lowest BCUT2D eigenvalue weighted by molar-refractivity contribution is 0.0653. The van der Waals surface area contributed by atoms with E-state index in [0.717, 1.165) is 14.5 Å². The van der Waals surface area contributed by atoms with Crippen LogP contribution in [0.2, 0.25) is 0 Å². The molecule has 0 spiro atoms. The summed E-state index contributed by atoms with van der Waals surface area (Å²) in [7, 11) is 0. The molecule has 0 bridgehead atoms. The zero-order valence-electron chi connectivity index (χ0n) is 14.3. The van der Waals surface area contributed by atoms with E-state index in [0.29, 0.717) is 30.6 Å². The van der Waals surface area contributed by atoms with Crippen LogP contribution in [0, 0.1) is 0 Å². The zero-order valence-corrected chi connectivity index (χ0v) is 17.5. The predicted molar refractivity (Wildman–Crippen MR) is 109 cm³/mol. The number of nitrogens with one attached hydrogen (secondary N) is 2. The number of rotatable bonds is 6. The fourth-order valence-electron chi connectivity index (χ4n) is 2.75. The number of hydrogen-bond donors (Lipinski definition) is 2. The molecule has 6 nitrogen and oxygen atoms in total.